The highest BCUT2D eigenvalue weighted by Crippen LogP contribution is 2.18. The molecule has 6 heteroatoms. The van der Waals surface area contributed by atoms with Crippen LogP contribution in [-0.4, -0.2) is 22.7 Å². The predicted octanol–water partition coefficient (Wildman–Crippen LogP) is 2.87. The molecule has 0 fully saturated rings. The van der Waals surface area contributed by atoms with Crippen LogP contribution in [0.25, 0.3) is 11.0 Å². The van der Waals surface area contributed by atoms with Crippen molar-refractivity contribution in [3.05, 3.63) is 64.8 Å². The minimum atomic E-state index is -0.787. The van der Waals surface area contributed by atoms with Crippen LogP contribution in [-0.2, 0) is 11.2 Å². The minimum Gasteiger partial charge on any atom is -0.387 e. The van der Waals surface area contributed by atoms with E-state index in [1.165, 1.54) is 0 Å². The molecule has 1 unspecified atom stereocenters. The number of benzene rings is 2. The molecule has 0 saturated heterocycles. The summed E-state index contributed by atoms with van der Waals surface area (Å²) in [6.07, 6.45) is -0.685. The molecule has 3 rings (SSSR count). The van der Waals surface area contributed by atoms with Gasteiger partial charge in [0.05, 0.1) is 12.5 Å². The molecule has 23 heavy (non-hydrogen) atoms. The number of hydrogen-bond acceptors (Lipinski definition) is 4. The van der Waals surface area contributed by atoms with Crippen LogP contribution in [0.1, 0.15) is 17.4 Å². The molecule has 0 spiro atoms. The lowest BCUT2D eigenvalue weighted by molar-refractivity contribution is -0.121. The van der Waals surface area contributed by atoms with Crippen LogP contribution in [0, 0.1) is 0 Å². The van der Waals surface area contributed by atoms with E-state index < -0.39 is 6.10 Å². The second-order valence-electron chi connectivity index (χ2n) is 5.17. The van der Waals surface area contributed by atoms with Crippen molar-refractivity contribution in [3.8, 4) is 0 Å². The third kappa shape index (κ3) is 3.70. The minimum absolute atomic E-state index is 0.102. The van der Waals surface area contributed by atoms with Crippen LogP contribution >= 0.6 is 11.6 Å². The molecule has 1 amide bonds. The number of carbonyl (C=O) groups is 1. The third-order valence-electron chi connectivity index (χ3n) is 3.53. The third-order valence-corrected chi connectivity index (χ3v) is 3.78. The van der Waals surface area contributed by atoms with Crippen molar-refractivity contribution in [2.24, 2.45) is 0 Å². The molecule has 0 aliphatic heterocycles. The molecule has 0 aliphatic rings. The van der Waals surface area contributed by atoms with E-state index in [2.05, 4.69) is 10.5 Å². The second kappa shape index (κ2) is 6.81. The number of hydrogen-bond donors (Lipinski definition) is 2. The summed E-state index contributed by atoms with van der Waals surface area (Å²) in [7, 11) is 0. The quantitative estimate of drug-likeness (QED) is 0.754. The topological polar surface area (TPSA) is 75.4 Å². The van der Waals surface area contributed by atoms with Crippen molar-refractivity contribution in [1.82, 2.24) is 10.5 Å². The number of para-hydroxylation sites is 1. The smallest absolute Gasteiger partial charge is 0.226 e. The van der Waals surface area contributed by atoms with E-state index in [4.69, 9.17) is 16.1 Å². The molecular formula is C17H15ClN2O3. The molecule has 5 nitrogen and oxygen atoms in total. The number of nitrogens with zero attached hydrogens (tertiary/aromatic N) is 1. The summed E-state index contributed by atoms with van der Waals surface area (Å²) in [5.74, 6) is -0.225. The zero-order chi connectivity index (χ0) is 16.2. The first-order valence-electron chi connectivity index (χ1n) is 7.17. The Balaban J connectivity index is 1.58. The Morgan fingerprint density at radius 2 is 1.96 bits per heavy atom. The van der Waals surface area contributed by atoms with Gasteiger partial charge in [0.15, 0.2) is 5.58 Å². The number of aliphatic hydroxyl groups is 1. The Morgan fingerprint density at radius 1 is 1.22 bits per heavy atom. The average molecular weight is 331 g/mol. The van der Waals surface area contributed by atoms with Crippen LogP contribution in [0.4, 0.5) is 0 Å². The predicted molar refractivity (Wildman–Crippen MR) is 87.1 cm³/mol. The van der Waals surface area contributed by atoms with Crippen LogP contribution in [0.3, 0.4) is 0 Å². The summed E-state index contributed by atoms with van der Waals surface area (Å²) < 4.78 is 5.16. The van der Waals surface area contributed by atoms with Gasteiger partial charge < -0.3 is 14.9 Å². The van der Waals surface area contributed by atoms with Gasteiger partial charge in [-0.15, -0.1) is 0 Å². The fourth-order valence-corrected chi connectivity index (χ4v) is 2.42. The second-order valence-corrected chi connectivity index (χ2v) is 5.61. The molecule has 118 valence electrons. The van der Waals surface area contributed by atoms with Crippen molar-refractivity contribution in [1.29, 1.82) is 0 Å². The molecule has 1 atom stereocenters. The maximum atomic E-state index is 12.0. The molecule has 2 aromatic carbocycles. The standard InChI is InChI=1S/C17H15ClN2O3/c18-12-7-5-11(6-8-12)15(21)10-19-17(22)9-14-13-3-1-2-4-16(13)23-20-14/h1-8,15,21H,9-10H2,(H,19,22). The van der Waals surface area contributed by atoms with E-state index >= 15 is 0 Å². The Hall–Kier alpha value is -2.37. The highest BCUT2D eigenvalue weighted by Gasteiger charge is 2.14. The van der Waals surface area contributed by atoms with Gasteiger partial charge in [0, 0.05) is 17.0 Å². The average Bonchev–Trinajstić information content (AvgIpc) is 2.96. The number of carbonyl (C=O) groups excluding carboxylic acids is 1. The number of rotatable bonds is 5. The number of fused-ring (bicyclic) bond motifs is 1. The van der Waals surface area contributed by atoms with E-state index in [0.717, 1.165) is 5.39 Å². The van der Waals surface area contributed by atoms with Crippen molar-refractivity contribution in [2.75, 3.05) is 6.54 Å². The fraction of sp³-hybridized carbons (Fsp3) is 0.176. The zero-order valence-corrected chi connectivity index (χ0v) is 13.0. The van der Waals surface area contributed by atoms with Crippen LogP contribution in [0.15, 0.2) is 53.1 Å². The van der Waals surface area contributed by atoms with Gasteiger partial charge in [-0.25, -0.2) is 0 Å². The summed E-state index contributed by atoms with van der Waals surface area (Å²) in [4.78, 5) is 12.0. The van der Waals surface area contributed by atoms with Gasteiger partial charge in [0.2, 0.25) is 5.91 Å². The lowest BCUT2D eigenvalue weighted by atomic mass is 10.1. The molecule has 2 N–H and O–H groups in total. The van der Waals surface area contributed by atoms with Gasteiger partial charge in [-0.05, 0) is 29.8 Å². The summed E-state index contributed by atoms with van der Waals surface area (Å²) in [5, 5.41) is 18.1. The summed E-state index contributed by atoms with van der Waals surface area (Å²) in [6, 6.07) is 14.2. The molecule has 1 heterocycles. The lowest BCUT2D eigenvalue weighted by Gasteiger charge is -2.12. The Labute approximate surface area is 137 Å². The maximum absolute atomic E-state index is 12.0. The van der Waals surface area contributed by atoms with Gasteiger partial charge >= 0.3 is 0 Å². The van der Waals surface area contributed by atoms with Gasteiger partial charge in [-0.3, -0.25) is 4.79 Å². The largest absolute Gasteiger partial charge is 0.387 e. The van der Waals surface area contributed by atoms with Gasteiger partial charge in [0.25, 0.3) is 0 Å². The van der Waals surface area contributed by atoms with E-state index in [1.54, 1.807) is 30.3 Å². The van der Waals surface area contributed by atoms with Crippen LogP contribution in [0.5, 0.6) is 0 Å². The molecule has 0 radical (unpaired) electrons. The Morgan fingerprint density at radius 3 is 2.74 bits per heavy atom. The summed E-state index contributed by atoms with van der Waals surface area (Å²) >= 11 is 5.80. The molecule has 3 aromatic rings. The van der Waals surface area contributed by atoms with Gasteiger partial charge in [-0.1, -0.05) is 41.0 Å². The van der Waals surface area contributed by atoms with E-state index in [9.17, 15) is 9.90 Å². The summed E-state index contributed by atoms with van der Waals surface area (Å²) in [5.41, 5.74) is 1.93. The molecular weight excluding hydrogens is 316 g/mol. The Kier molecular flexibility index (Phi) is 4.60. The molecule has 0 aliphatic carbocycles. The van der Waals surface area contributed by atoms with Gasteiger partial charge in [-0.2, -0.15) is 0 Å². The number of aromatic nitrogens is 1. The van der Waals surface area contributed by atoms with Crippen molar-refractivity contribution in [3.63, 3.8) is 0 Å². The van der Waals surface area contributed by atoms with Crippen molar-refractivity contribution in [2.45, 2.75) is 12.5 Å². The SMILES string of the molecule is O=C(Cc1noc2ccccc12)NCC(O)c1ccc(Cl)cc1. The highest BCUT2D eigenvalue weighted by molar-refractivity contribution is 6.30. The fourth-order valence-electron chi connectivity index (χ4n) is 2.29. The van der Waals surface area contributed by atoms with E-state index in [1.807, 2.05) is 18.2 Å². The molecule has 0 bridgehead atoms. The first kappa shape index (κ1) is 15.5. The normalized spacial score (nSPS) is 12.3. The lowest BCUT2D eigenvalue weighted by Crippen LogP contribution is -2.29. The molecule has 1 aromatic heterocycles. The number of amides is 1. The zero-order valence-electron chi connectivity index (χ0n) is 12.2. The first-order chi connectivity index (χ1) is 11.1. The van der Waals surface area contributed by atoms with Gasteiger partial charge in [0.1, 0.15) is 5.69 Å². The van der Waals surface area contributed by atoms with E-state index in [0.29, 0.717) is 21.9 Å². The molecule has 0 saturated carbocycles. The first-order valence-corrected chi connectivity index (χ1v) is 7.55. The summed E-state index contributed by atoms with van der Waals surface area (Å²) in [6.45, 7) is 0.121. The van der Waals surface area contributed by atoms with Crippen molar-refractivity contribution >= 4 is 28.5 Å². The number of halogens is 1. The highest BCUT2D eigenvalue weighted by atomic mass is 35.5. The van der Waals surface area contributed by atoms with E-state index in [-0.39, 0.29) is 18.9 Å². The number of aliphatic hydroxyl groups excluding tert-OH is 1. The number of nitrogens with one attached hydrogen (secondary N) is 1. The van der Waals surface area contributed by atoms with Crippen LogP contribution in [0.2, 0.25) is 5.02 Å². The van der Waals surface area contributed by atoms with Crippen LogP contribution < -0.4 is 5.32 Å². The monoisotopic (exact) mass is 330 g/mol. The van der Waals surface area contributed by atoms with Crippen molar-refractivity contribution < 1.29 is 14.4 Å². The Bertz CT molecular complexity index is 814. The maximum Gasteiger partial charge on any atom is 0.226 e.